The lowest BCUT2D eigenvalue weighted by molar-refractivity contribution is -0.387. The summed E-state index contributed by atoms with van der Waals surface area (Å²) in [6.45, 7) is 0.955. The van der Waals surface area contributed by atoms with Gasteiger partial charge in [0.15, 0.2) is 12.3 Å². The molecule has 0 aliphatic heterocycles. The summed E-state index contributed by atoms with van der Waals surface area (Å²) in [7, 11) is 0. The quantitative estimate of drug-likeness (QED) is 0.411. The first-order valence-electron chi connectivity index (χ1n) is 7.57. The molecule has 0 unspecified atom stereocenters. The Hall–Kier alpha value is -3.89. The van der Waals surface area contributed by atoms with Crippen molar-refractivity contribution in [3.8, 4) is 0 Å². The van der Waals surface area contributed by atoms with Crippen LogP contribution in [0.4, 0.5) is 15.8 Å². The number of rotatable bonds is 5. The molecule has 0 spiro atoms. The third-order valence-electron chi connectivity index (χ3n) is 3.54. The number of aromatic nitrogens is 3. The van der Waals surface area contributed by atoms with Crippen molar-refractivity contribution in [1.82, 2.24) is 14.6 Å². The van der Waals surface area contributed by atoms with Crippen LogP contribution in [0.2, 0.25) is 0 Å². The molecule has 0 aliphatic carbocycles. The monoisotopic (exact) mass is 373 g/mol. The van der Waals surface area contributed by atoms with Crippen LogP contribution in [-0.4, -0.2) is 38.0 Å². The number of anilines is 1. The van der Waals surface area contributed by atoms with Crippen molar-refractivity contribution in [3.05, 3.63) is 63.8 Å². The highest BCUT2D eigenvalue weighted by Gasteiger charge is 2.21. The lowest BCUT2D eigenvalue weighted by Crippen LogP contribution is -2.21. The summed E-state index contributed by atoms with van der Waals surface area (Å²) in [5, 5.41) is 17.1. The van der Waals surface area contributed by atoms with Crippen molar-refractivity contribution in [3.63, 3.8) is 0 Å². The average Bonchev–Trinajstić information content (AvgIpc) is 2.97. The van der Waals surface area contributed by atoms with Gasteiger partial charge >= 0.3 is 11.7 Å². The zero-order valence-corrected chi connectivity index (χ0v) is 13.9. The minimum Gasteiger partial charge on any atom is -0.452 e. The van der Waals surface area contributed by atoms with E-state index < -0.39 is 34.9 Å². The molecular formula is C16H12FN5O5. The Morgan fingerprint density at radius 2 is 2.19 bits per heavy atom. The number of nitrogens with zero attached hydrogens (tertiary/aromatic N) is 4. The van der Waals surface area contributed by atoms with Crippen LogP contribution < -0.4 is 5.32 Å². The highest BCUT2D eigenvalue weighted by Crippen LogP contribution is 2.21. The molecule has 3 rings (SSSR count). The van der Waals surface area contributed by atoms with Crippen molar-refractivity contribution in [2.24, 2.45) is 0 Å². The van der Waals surface area contributed by atoms with E-state index >= 15 is 0 Å². The van der Waals surface area contributed by atoms with Gasteiger partial charge in [-0.3, -0.25) is 14.9 Å². The third kappa shape index (κ3) is 3.71. The highest BCUT2D eigenvalue weighted by atomic mass is 19.1. The predicted octanol–water partition coefficient (Wildman–Crippen LogP) is 1.88. The topological polar surface area (TPSA) is 129 Å². The Bertz CT molecular complexity index is 1060. The molecule has 2 heterocycles. The second-order valence-corrected chi connectivity index (χ2v) is 5.40. The minimum atomic E-state index is -1.03. The van der Waals surface area contributed by atoms with Crippen LogP contribution in [-0.2, 0) is 9.53 Å². The molecule has 11 heteroatoms. The van der Waals surface area contributed by atoms with Gasteiger partial charge in [0, 0.05) is 24.1 Å². The standard InChI is InChI=1S/C16H12FN5O5/c1-9-14(15-18-5-2-6-21(15)20-9)16(24)27-8-13(23)19-10-3-4-11(17)12(7-10)22(25)26/h2-7H,8H2,1H3,(H,19,23). The number of carbonyl (C=O) groups excluding carboxylic acids is 2. The fourth-order valence-electron chi connectivity index (χ4n) is 2.37. The summed E-state index contributed by atoms with van der Waals surface area (Å²) in [6, 6.07) is 4.52. The van der Waals surface area contributed by atoms with E-state index in [-0.39, 0.29) is 16.9 Å². The van der Waals surface area contributed by atoms with Crippen molar-refractivity contribution >= 4 is 28.9 Å². The van der Waals surface area contributed by atoms with E-state index in [1.165, 1.54) is 10.7 Å². The lowest BCUT2D eigenvalue weighted by atomic mass is 10.2. The molecule has 1 N–H and O–H groups in total. The van der Waals surface area contributed by atoms with Gasteiger partial charge in [-0.2, -0.15) is 9.49 Å². The molecule has 10 nitrogen and oxygen atoms in total. The number of hydrogen-bond acceptors (Lipinski definition) is 7. The van der Waals surface area contributed by atoms with Crippen molar-refractivity contribution in [1.29, 1.82) is 0 Å². The summed E-state index contributed by atoms with van der Waals surface area (Å²) in [5.41, 5.74) is 0.0134. The Labute approximate surface area is 150 Å². The SMILES string of the molecule is Cc1nn2cccnc2c1C(=O)OCC(=O)Nc1ccc(F)c([N+](=O)[O-])c1. The predicted molar refractivity (Wildman–Crippen MR) is 89.7 cm³/mol. The number of halogens is 1. The van der Waals surface area contributed by atoms with Crippen LogP contribution in [0.15, 0.2) is 36.7 Å². The number of fused-ring (bicyclic) bond motifs is 1. The molecule has 138 valence electrons. The number of carbonyl (C=O) groups is 2. The van der Waals surface area contributed by atoms with Crippen LogP contribution in [0.1, 0.15) is 16.1 Å². The molecule has 3 aromatic rings. The highest BCUT2D eigenvalue weighted by molar-refractivity contribution is 5.99. The molecule has 1 aromatic carbocycles. The molecule has 0 bridgehead atoms. The van der Waals surface area contributed by atoms with E-state index in [0.717, 1.165) is 18.2 Å². The molecule has 0 radical (unpaired) electrons. The minimum absolute atomic E-state index is 0.00187. The Morgan fingerprint density at radius 1 is 1.41 bits per heavy atom. The number of nitro benzene ring substituents is 1. The number of esters is 1. The molecule has 27 heavy (non-hydrogen) atoms. The van der Waals surface area contributed by atoms with Gasteiger partial charge in [-0.25, -0.2) is 14.3 Å². The summed E-state index contributed by atoms with van der Waals surface area (Å²) in [5.74, 6) is -2.56. The molecule has 0 aliphatic rings. The van der Waals surface area contributed by atoms with Gasteiger partial charge in [-0.1, -0.05) is 0 Å². The molecule has 0 saturated heterocycles. The summed E-state index contributed by atoms with van der Waals surface area (Å²) in [4.78, 5) is 38.0. The smallest absolute Gasteiger partial charge is 0.344 e. The fraction of sp³-hybridized carbons (Fsp3) is 0.125. The number of aryl methyl sites for hydroxylation is 1. The summed E-state index contributed by atoms with van der Waals surface area (Å²) < 4.78 is 19.7. The molecular weight excluding hydrogens is 361 g/mol. The van der Waals surface area contributed by atoms with E-state index in [2.05, 4.69) is 15.4 Å². The van der Waals surface area contributed by atoms with Gasteiger partial charge in [-0.15, -0.1) is 0 Å². The van der Waals surface area contributed by atoms with Crippen molar-refractivity contribution in [2.75, 3.05) is 11.9 Å². The number of amides is 1. The first-order chi connectivity index (χ1) is 12.9. The van der Waals surface area contributed by atoms with E-state index in [1.807, 2.05) is 0 Å². The van der Waals surface area contributed by atoms with Crippen LogP contribution in [0, 0.1) is 22.9 Å². The fourth-order valence-corrected chi connectivity index (χ4v) is 2.37. The average molecular weight is 373 g/mol. The van der Waals surface area contributed by atoms with Crippen LogP contribution in [0.25, 0.3) is 5.65 Å². The second kappa shape index (κ2) is 7.15. The number of benzene rings is 1. The Balaban J connectivity index is 1.67. The van der Waals surface area contributed by atoms with Gasteiger partial charge in [0.1, 0.15) is 5.56 Å². The van der Waals surface area contributed by atoms with E-state index in [1.54, 1.807) is 19.2 Å². The van der Waals surface area contributed by atoms with Gasteiger partial charge < -0.3 is 10.1 Å². The zero-order valence-electron chi connectivity index (χ0n) is 13.9. The van der Waals surface area contributed by atoms with Gasteiger partial charge in [0.05, 0.1) is 10.6 Å². The number of nitro groups is 1. The number of hydrogen-bond donors (Lipinski definition) is 1. The largest absolute Gasteiger partial charge is 0.452 e. The summed E-state index contributed by atoms with van der Waals surface area (Å²) >= 11 is 0. The van der Waals surface area contributed by atoms with Crippen LogP contribution >= 0.6 is 0 Å². The van der Waals surface area contributed by atoms with Gasteiger partial charge in [0.25, 0.3) is 5.91 Å². The third-order valence-corrected chi connectivity index (χ3v) is 3.54. The van der Waals surface area contributed by atoms with E-state index in [0.29, 0.717) is 5.69 Å². The maximum absolute atomic E-state index is 13.3. The molecule has 1 amide bonds. The van der Waals surface area contributed by atoms with Crippen molar-refractivity contribution < 1.29 is 23.6 Å². The maximum Gasteiger partial charge on any atom is 0.344 e. The van der Waals surface area contributed by atoms with E-state index in [9.17, 15) is 24.1 Å². The number of ether oxygens (including phenoxy) is 1. The van der Waals surface area contributed by atoms with E-state index in [4.69, 9.17) is 4.74 Å². The lowest BCUT2D eigenvalue weighted by Gasteiger charge is -2.06. The molecule has 2 aromatic heterocycles. The first kappa shape index (κ1) is 17.9. The zero-order chi connectivity index (χ0) is 19.6. The van der Waals surface area contributed by atoms with Crippen molar-refractivity contribution in [2.45, 2.75) is 6.92 Å². The molecule has 0 saturated carbocycles. The Kier molecular flexibility index (Phi) is 4.75. The van der Waals surface area contributed by atoms with Crippen LogP contribution in [0.5, 0.6) is 0 Å². The summed E-state index contributed by atoms with van der Waals surface area (Å²) in [6.07, 6.45) is 3.10. The Morgan fingerprint density at radius 3 is 2.93 bits per heavy atom. The number of nitrogens with one attached hydrogen (secondary N) is 1. The first-order valence-corrected chi connectivity index (χ1v) is 7.57. The molecule has 0 atom stereocenters. The second-order valence-electron chi connectivity index (χ2n) is 5.40. The maximum atomic E-state index is 13.3. The van der Waals surface area contributed by atoms with Gasteiger partial charge in [-0.05, 0) is 25.1 Å². The normalized spacial score (nSPS) is 10.6. The molecule has 0 fully saturated rings. The van der Waals surface area contributed by atoms with Crippen LogP contribution in [0.3, 0.4) is 0 Å². The van der Waals surface area contributed by atoms with Gasteiger partial charge in [0.2, 0.25) is 5.82 Å².